The molecule has 0 heterocycles. The van der Waals surface area contributed by atoms with Crippen LogP contribution in [0.15, 0.2) is 24.3 Å². The van der Waals surface area contributed by atoms with E-state index in [1.54, 1.807) is 0 Å². The topological polar surface area (TPSA) is 12.0 Å². The average molecular weight is 252 g/mol. The van der Waals surface area contributed by atoms with E-state index < -0.39 is 0 Å². The summed E-state index contributed by atoms with van der Waals surface area (Å²) in [5, 5.41) is 4.56. The van der Waals surface area contributed by atoms with E-state index in [2.05, 4.69) is 37.4 Å². The summed E-state index contributed by atoms with van der Waals surface area (Å²) >= 11 is 6.02. The van der Waals surface area contributed by atoms with Crippen LogP contribution in [0.4, 0.5) is 0 Å². The van der Waals surface area contributed by atoms with Crippen molar-refractivity contribution in [3.8, 4) is 0 Å². The van der Waals surface area contributed by atoms with Crippen LogP contribution in [0, 0.1) is 0 Å². The van der Waals surface area contributed by atoms with E-state index >= 15 is 0 Å². The first-order valence-electron chi connectivity index (χ1n) is 6.70. The summed E-state index contributed by atoms with van der Waals surface area (Å²) in [6.45, 7) is 4.53. The van der Waals surface area contributed by atoms with Gasteiger partial charge in [-0.3, -0.25) is 0 Å². The van der Waals surface area contributed by atoms with Gasteiger partial charge in [-0.2, -0.15) is 0 Å². The van der Waals surface area contributed by atoms with Gasteiger partial charge in [-0.05, 0) is 49.8 Å². The van der Waals surface area contributed by atoms with Gasteiger partial charge >= 0.3 is 0 Å². The summed E-state index contributed by atoms with van der Waals surface area (Å²) in [6.07, 6.45) is 5.06. The Labute approximate surface area is 110 Å². The van der Waals surface area contributed by atoms with Gasteiger partial charge in [-0.15, -0.1) is 0 Å². The third-order valence-corrected chi connectivity index (χ3v) is 3.94. The van der Waals surface area contributed by atoms with Crippen molar-refractivity contribution in [3.63, 3.8) is 0 Å². The molecule has 0 radical (unpaired) electrons. The van der Waals surface area contributed by atoms with Crippen LogP contribution in [0.3, 0.4) is 0 Å². The zero-order valence-electron chi connectivity index (χ0n) is 10.7. The zero-order chi connectivity index (χ0) is 12.3. The van der Waals surface area contributed by atoms with Crippen LogP contribution < -0.4 is 5.32 Å². The lowest BCUT2D eigenvalue weighted by atomic mass is 9.75. The summed E-state index contributed by atoms with van der Waals surface area (Å²) < 4.78 is 0. The minimum Gasteiger partial charge on any atom is -0.311 e. The second kappa shape index (κ2) is 5.88. The molecule has 0 aliphatic heterocycles. The molecule has 0 bridgehead atoms. The van der Waals surface area contributed by atoms with Gasteiger partial charge < -0.3 is 5.32 Å². The lowest BCUT2D eigenvalue weighted by Gasteiger charge is -2.38. The highest BCUT2D eigenvalue weighted by atomic mass is 35.5. The maximum Gasteiger partial charge on any atom is 0.0408 e. The molecule has 2 heteroatoms. The summed E-state index contributed by atoms with van der Waals surface area (Å²) in [4.78, 5) is 0. The molecule has 1 aromatic carbocycles. The van der Waals surface area contributed by atoms with Crippen LogP contribution in [0.5, 0.6) is 0 Å². The van der Waals surface area contributed by atoms with Crippen molar-refractivity contribution < 1.29 is 0 Å². The minimum absolute atomic E-state index is 0.658. The van der Waals surface area contributed by atoms with Crippen molar-refractivity contribution in [1.29, 1.82) is 0 Å². The predicted octanol–water partition coefficient (Wildman–Crippen LogP) is 4.36. The molecule has 1 saturated carbocycles. The van der Waals surface area contributed by atoms with E-state index in [1.807, 2.05) is 6.07 Å². The monoisotopic (exact) mass is 251 g/mol. The maximum atomic E-state index is 6.02. The number of hydrogen-bond donors (Lipinski definition) is 1. The van der Waals surface area contributed by atoms with E-state index in [-0.39, 0.29) is 0 Å². The SMILES string of the molecule is CCCC(C)NC1CC(c2cccc(Cl)c2)C1. The second-order valence-electron chi connectivity index (χ2n) is 5.28. The van der Waals surface area contributed by atoms with Crippen molar-refractivity contribution >= 4 is 11.6 Å². The predicted molar refractivity (Wildman–Crippen MR) is 74.7 cm³/mol. The molecule has 1 atom stereocenters. The molecule has 1 N–H and O–H groups in total. The Morgan fingerprint density at radius 1 is 1.41 bits per heavy atom. The molecule has 0 saturated heterocycles. The molecule has 1 aromatic rings. The van der Waals surface area contributed by atoms with Gasteiger partial charge in [-0.1, -0.05) is 37.1 Å². The molecule has 1 nitrogen and oxygen atoms in total. The molecule has 0 amide bonds. The van der Waals surface area contributed by atoms with Gasteiger partial charge in [0.1, 0.15) is 0 Å². The molecule has 17 heavy (non-hydrogen) atoms. The molecule has 94 valence electrons. The molecule has 1 aliphatic rings. The molecule has 1 aliphatic carbocycles. The van der Waals surface area contributed by atoms with Gasteiger partial charge in [-0.25, -0.2) is 0 Å². The Kier molecular flexibility index (Phi) is 4.47. The molecule has 2 rings (SSSR count). The standard InChI is InChI=1S/C15H22ClN/c1-3-5-11(2)17-15-9-13(10-15)12-6-4-7-14(16)8-12/h4,6-8,11,13,15,17H,3,5,9-10H2,1-2H3. The number of halogens is 1. The Balaban J connectivity index is 1.79. The molecule has 0 aromatic heterocycles. The molecular formula is C15H22ClN. The smallest absolute Gasteiger partial charge is 0.0408 e. The first kappa shape index (κ1) is 12.9. The van der Waals surface area contributed by atoms with Crippen molar-refractivity contribution in [2.75, 3.05) is 0 Å². The Morgan fingerprint density at radius 2 is 2.18 bits per heavy atom. The number of hydrogen-bond acceptors (Lipinski definition) is 1. The first-order chi connectivity index (χ1) is 8.19. The first-order valence-corrected chi connectivity index (χ1v) is 7.08. The lowest BCUT2D eigenvalue weighted by molar-refractivity contribution is 0.264. The summed E-state index contributed by atoms with van der Waals surface area (Å²) in [5.74, 6) is 0.708. The maximum absolute atomic E-state index is 6.02. The molecule has 1 fully saturated rings. The fourth-order valence-corrected chi connectivity index (χ4v) is 2.90. The fourth-order valence-electron chi connectivity index (χ4n) is 2.71. The quantitative estimate of drug-likeness (QED) is 0.820. The second-order valence-corrected chi connectivity index (χ2v) is 5.71. The Hall–Kier alpha value is -0.530. The van der Waals surface area contributed by atoms with E-state index in [0.29, 0.717) is 18.0 Å². The average Bonchev–Trinajstić information content (AvgIpc) is 2.23. The van der Waals surface area contributed by atoms with Gasteiger partial charge in [0.25, 0.3) is 0 Å². The van der Waals surface area contributed by atoms with Crippen molar-refractivity contribution in [3.05, 3.63) is 34.9 Å². The fraction of sp³-hybridized carbons (Fsp3) is 0.600. The number of nitrogens with one attached hydrogen (secondary N) is 1. The molecular weight excluding hydrogens is 230 g/mol. The number of rotatable bonds is 5. The largest absolute Gasteiger partial charge is 0.311 e. The van der Waals surface area contributed by atoms with Gasteiger partial charge in [0.2, 0.25) is 0 Å². The molecule has 0 spiro atoms. The highest BCUT2D eigenvalue weighted by Gasteiger charge is 2.30. The summed E-state index contributed by atoms with van der Waals surface area (Å²) in [7, 11) is 0. The van der Waals surface area contributed by atoms with E-state index in [4.69, 9.17) is 11.6 Å². The van der Waals surface area contributed by atoms with E-state index in [0.717, 1.165) is 5.02 Å². The van der Waals surface area contributed by atoms with Crippen LogP contribution in [0.1, 0.15) is 51.0 Å². The van der Waals surface area contributed by atoms with Crippen LogP contribution in [0.25, 0.3) is 0 Å². The number of benzene rings is 1. The van der Waals surface area contributed by atoms with E-state index in [1.165, 1.54) is 31.2 Å². The Morgan fingerprint density at radius 3 is 2.82 bits per heavy atom. The minimum atomic E-state index is 0.658. The van der Waals surface area contributed by atoms with Crippen molar-refractivity contribution in [1.82, 2.24) is 5.32 Å². The third-order valence-electron chi connectivity index (χ3n) is 3.70. The van der Waals surface area contributed by atoms with Crippen LogP contribution in [-0.2, 0) is 0 Å². The highest BCUT2D eigenvalue weighted by molar-refractivity contribution is 6.30. The van der Waals surface area contributed by atoms with Crippen LogP contribution in [-0.4, -0.2) is 12.1 Å². The van der Waals surface area contributed by atoms with E-state index in [9.17, 15) is 0 Å². The van der Waals surface area contributed by atoms with Crippen LogP contribution in [0.2, 0.25) is 5.02 Å². The van der Waals surface area contributed by atoms with Crippen LogP contribution >= 0.6 is 11.6 Å². The van der Waals surface area contributed by atoms with Gasteiger partial charge in [0, 0.05) is 17.1 Å². The van der Waals surface area contributed by atoms with Crippen molar-refractivity contribution in [2.45, 2.75) is 57.5 Å². The lowest BCUT2D eigenvalue weighted by Crippen LogP contribution is -2.44. The van der Waals surface area contributed by atoms with Gasteiger partial charge in [0.05, 0.1) is 0 Å². The molecule has 1 unspecified atom stereocenters. The highest BCUT2D eigenvalue weighted by Crippen LogP contribution is 2.37. The zero-order valence-corrected chi connectivity index (χ0v) is 11.5. The Bertz CT molecular complexity index is 358. The van der Waals surface area contributed by atoms with Gasteiger partial charge in [0.15, 0.2) is 0 Å². The summed E-state index contributed by atoms with van der Waals surface area (Å²) in [6, 6.07) is 9.67. The normalized spacial score (nSPS) is 25.4. The third kappa shape index (κ3) is 3.46. The summed E-state index contributed by atoms with van der Waals surface area (Å²) in [5.41, 5.74) is 1.40. The van der Waals surface area contributed by atoms with Crippen molar-refractivity contribution in [2.24, 2.45) is 0 Å².